The molecule has 2 aliphatic rings. The molecular formula is C30H44N4O4. The Morgan fingerprint density at radius 3 is 1.74 bits per heavy atom. The number of ketones is 1. The fourth-order valence-corrected chi connectivity index (χ4v) is 4.33. The summed E-state index contributed by atoms with van der Waals surface area (Å²) in [7, 11) is 0. The molecule has 0 amide bonds. The summed E-state index contributed by atoms with van der Waals surface area (Å²) in [6, 6.07) is 3.32. The van der Waals surface area contributed by atoms with E-state index in [-0.39, 0.29) is 23.0 Å². The number of carbonyl (C=O) groups excluding carboxylic acids is 2. The van der Waals surface area contributed by atoms with E-state index in [0.29, 0.717) is 22.7 Å². The van der Waals surface area contributed by atoms with E-state index in [0.717, 1.165) is 31.3 Å². The van der Waals surface area contributed by atoms with E-state index < -0.39 is 17.3 Å². The lowest BCUT2D eigenvalue weighted by Crippen LogP contribution is -2.82. The molecule has 0 unspecified atom stereocenters. The van der Waals surface area contributed by atoms with Gasteiger partial charge in [-0.1, -0.05) is 5.57 Å². The van der Waals surface area contributed by atoms with E-state index in [1.807, 2.05) is 0 Å². The number of aliphatic carboxylic acids is 1. The third-order valence-corrected chi connectivity index (χ3v) is 6.43. The van der Waals surface area contributed by atoms with Crippen molar-refractivity contribution in [3.63, 3.8) is 0 Å². The molecule has 38 heavy (non-hydrogen) atoms. The van der Waals surface area contributed by atoms with Crippen LogP contribution in [0.25, 0.3) is 11.0 Å². The number of allylic oxidation sites excluding steroid dienone is 3. The number of hydrogen-bond acceptors (Lipinski definition) is 5. The Hall–Kier alpha value is -3.24. The number of carbonyl (C=O) groups is 2. The number of nitrogens with two attached hydrogens (primary N) is 2. The minimum absolute atomic E-state index is 0.0288. The first-order valence-corrected chi connectivity index (χ1v) is 13.7. The minimum Gasteiger partial charge on any atom is -0.762 e. The highest BCUT2D eigenvalue weighted by molar-refractivity contribution is 6.24. The summed E-state index contributed by atoms with van der Waals surface area (Å²) in [6.45, 7) is 18.6. The van der Waals surface area contributed by atoms with Gasteiger partial charge in [-0.25, -0.2) is 5.87 Å². The molecule has 3 rings (SSSR count). The summed E-state index contributed by atoms with van der Waals surface area (Å²) >= 11 is 0. The fourth-order valence-electron chi connectivity index (χ4n) is 4.33. The summed E-state index contributed by atoms with van der Waals surface area (Å²) in [6.07, 6.45) is 3.50. The lowest BCUT2D eigenvalue weighted by atomic mass is 9.84. The zero-order chi connectivity index (χ0) is 28.8. The molecule has 0 saturated heterocycles. The van der Waals surface area contributed by atoms with Gasteiger partial charge in [0.2, 0.25) is 5.78 Å². The van der Waals surface area contributed by atoms with E-state index in [2.05, 4.69) is 38.3 Å². The van der Waals surface area contributed by atoms with Crippen LogP contribution in [-0.2, 0) is 9.59 Å². The van der Waals surface area contributed by atoms with Crippen molar-refractivity contribution < 1.29 is 29.7 Å². The third-order valence-electron chi connectivity index (χ3n) is 6.43. The quantitative estimate of drug-likeness (QED) is 0.196. The predicted molar refractivity (Wildman–Crippen MR) is 147 cm³/mol. The molecule has 2 saturated carbocycles. The largest absolute Gasteiger partial charge is 0.762 e. The maximum atomic E-state index is 13.1. The summed E-state index contributed by atoms with van der Waals surface area (Å²) in [5, 5.41) is 35.1. The van der Waals surface area contributed by atoms with Crippen molar-refractivity contribution in [3.8, 4) is 6.07 Å². The van der Waals surface area contributed by atoms with Crippen LogP contribution in [0, 0.1) is 37.0 Å². The maximum absolute atomic E-state index is 13.1. The lowest BCUT2D eigenvalue weighted by Gasteiger charge is -2.20. The molecule has 1 aromatic rings. The van der Waals surface area contributed by atoms with Crippen LogP contribution >= 0.6 is 0 Å². The topological polar surface area (TPSA) is 150 Å². The van der Waals surface area contributed by atoms with E-state index >= 15 is 0 Å². The molecule has 0 atom stereocenters. The molecule has 8 heteroatoms. The van der Waals surface area contributed by atoms with Gasteiger partial charge in [0.05, 0.1) is 32.1 Å². The molecule has 4 N–H and O–H groups in total. The number of Topliss-reactive ketones (excluding diaryl/α,β-unsaturated/α-hetero) is 1. The summed E-state index contributed by atoms with van der Waals surface area (Å²) < 4.78 is 5.52. The van der Waals surface area contributed by atoms with Gasteiger partial charge in [-0.15, -0.1) is 0 Å². The third kappa shape index (κ3) is 9.57. The first-order chi connectivity index (χ1) is 18.1. The number of furan rings is 1. The van der Waals surface area contributed by atoms with Crippen LogP contribution in [0.3, 0.4) is 0 Å². The van der Waals surface area contributed by atoms with Gasteiger partial charge in [0.15, 0.2) is 0 Å². The van der Waals surface area contributed by atoms with Crippen LogP contribution in [-0.4, -0.2) is 43.8 Å². The zero-order valence-corrected chi connectivity index (χ0v) is 24.1. The molecule has 8 nitrogen and oxygen atoms in total. The Morgan fingerprint density at radius 2 is 1.47 bits per heavy atom. The van der Waals surface area contributed by atoms with Crippen molar-refractivity contribution in [2.24, 2.45) is 11.8 Å². The van der Waals surface area contributed by atoms with Crippen LogP contribution in [0.4, 0.5) is 0 Å². The number of rotatable bonds is 11. The second kappa shape index (κ2) is 16.6. The predicted octanol–water partition coefficient (Wildman–Crippen LogP) is 1.97. The van der Waals surface area contributed by atoms with Gasteiger partial charge < -0.3 is 30.4 Å². The normalized spacial score (nSPS) is 14.4. The fraction of sp³-hybridized carbons (Fsp3) is 0.567. The van der Waals surface area contributed by atoms with Gasteiger partial charge in [-0.2, -0.15) is 5.26 Å². The minimum atomic E-state index is -1.49. The molecule has 2 aliphatic carbocycles. The molecule has 1 heterocycles. The average molecular weight is 525 g/mol. The molecule has 0 aromatic carbocycles. The highest BCUT2D eigenvalue weighted by Crippen LogP contribution is 2.52. The molecule has 0 aliphatic heterocycles. The van der Waals surface area contributed by atoms with E-state index in [4.69, 9.17) is 4.42 Å². The van der Waals surface area contributed by atoms with Gasteiger partial charge in [0.25, 0.3) is 0 Å². The number of hydrogen-bond donors (Lipinski definition) is 2. The van der Waals surface area contributed by atoms with Gasteiger partial charge in [0.1, 0.15) is 23.2 Å². The molecule has 208 valence electrons. The number of nitriles is 1. The van der Waals surface area contributed by atoms with Gasteiger partial charge in [0, 0.05) is 16.7 Å². The van der Waals surface area contributed by atoms with Crippen molar-refractivity contribution >= 4 is 23.2 Å². The molecule has 1 aromatic heterocycles. The van der Waals surface area contributed by atoms with E-state index in [9.17, 15) is 25.4 Å². The van der Waals surface area contributed by atoms with Crippen molar-refractivity contribution in [2.45, 2.75) is 74.1 Å². The Balaban J connectivity index is 0.000000616. The summed E-state index contributed by atoms with van der Waals surface area (Å²) in [5.41, 5.74) is 0.796. The van der Waals surface area contributed by atoms with Crippen LogP contribution in [0.2, 0.25) is 0 Å². The van der Waals surface area contributed by atoms with Crippen molar-refractivity contribution in [2.75, 3.05) is 26.2 Å². The molecule has 2 fully saturated rings. The molecular weight excluding hydrogens is 480 g/mol. The SMILES string of the molecule is C/C(=C(\C(=O)[O-])C(C(=O)C(=C=[N-])C#N)=C(C1CC1)C1CC1)c1cc(C)oc1C.CC[NH2+]CC.CC[NH2+]CC. The Morgan fingerprint density at radius 1 is 1.00 bits per heavy atom. The second-order valence-corrected chi connectivity index (χ2v) is 9.63. The van der Waals surface area contributed by atoms with Crippen molar-refractivity contribution in [1.29, 1.82) is 5.26 Å². The van der Waals surface area contributed by atoms with E-state index in [1.54, 1.807) is 38.8 Å². The smallest absolute Gasteiger partial charge is 0.210 e. The first kappa shape index (κ1) is 32.8. The van der Waals surface area contributed by atoms with Crippen LogP contribution in [0.1, 0.15) is 77.4 Å². The summed E-state index contributed by atoms with van der Waals surface area (Å²) in [5.74, 6) is 0.694. The number of nitrogens with zero attached hydrogens (tertiary/aromatic N) is 2. The lowest BCUT2D eigenvalue weighted by molar-refractivity contribution is -0.648. The van der Waals surface area contributed by atoms with Crippen molar-refractivity contribution in [1.82, 2.24) is 0 Å². The monoisotopic (exact) mass is 524 g/mol. The average Bonchev–Trinajstić information content (AvgIpc) is 3.80. The van der Waals surface area contributed by atoms with Gasteiger partial charge >= 0.3 is 0 Å². The summed E-state index contributed by atoms with van der Waals surface area (Å²) in [4.78, 5) is 25.3. The Kier molecular flexibility index (Phi) is 14.3. The number of quaternary nitrogens is 2. The van der Waals surface area contributed by atoms with Crippen LogP contribution < -0.4 is 15.7 Å². The van der Waals surface area contributed by atoms with Crippen molar-refractivity contribution in [3.05, 3.63) is 50.9 Å². The highest BCUT2D eigenvalue weighted by Gasteiger charge is 2.41. The Bertz CT molecular complexity index is 1100. The number of aryl methyl sites for hydroxylation is 2. The second-order valence-electron chi connectivity index (χ2n) is 9.63. The number of carboxylic acid groups (broad SMARTS) is 1. The standard InChI is InChI=1S/C22H21N2O4.2C4H11N/c1-11-8-17(13(3)28-11)12(2)18(22(26)27)20(21(25)16(9-23)10-24)19(14-4-5-14)15-6-7-15;2*1-3-5-4-2/h8,14-15H,4-7H2,1-3H3,(H,26,27);2*5H,3-4H2,1-2H3/q-1;;/p+1/b18-12+;;. The maximum Gasteiger partial charge on any atom is 0.210 e. The van der Waals surface area contributed by atoms with Gasteiger partial charge in [-0.3, -0.25) is 4.79 Å². The molecule has 0 radical (unpaired) electrons. The van der Waals surface area contributed by atoms with Crippen LogP contribution in [0.15, 0.2) is 32.8 Å². The first-order valence-electron chi connectivity index (χ1n) is 13.7. The Labute approximate surface area is 227 Å². The highest BCUT2D eigenvalue weighted by atomic mass is 16.4. The molecule has 0 bridgehead atoms. The molecule has 0 spiro atoms. The van der Waals surface area contributed by atoms with Gasteiger partial charge in [-0.05, 0) is 97.6 Å². The number of carboxylic acids is 1. The van der Waals surface area contributed by atoms with E-state index in [1.165, 1.54) is 26.2 Å². The van der Waals surface area contributed by atoms with Crippen LogP contribution in [0.5, 0.6) is 0 Å². The zero-order valence-electron chi connectivity index (χ0n) is 24.1.